The van der Waals surface area contributed by atoms with Crippen LogP contribution >= 0.6 is 0 Å². The molecule has 1 aliphatic rings. The van der Waals surface area contributed by atoms with Crippen LogP contribution in [0.4, 0.5) is 0 Å². The molecule has 0 heterocycles. The molecule has 2 nitrogen and oxygen atoms in total. The molecular weight excluding hydrogens is 160 g/mol. The lowest BCUT2D eigenvalue weighted by Gasteiger charge is -2.34. The minimum absolute atomic E-state index is 0.653. The van der Waals surface area contributed by atoms with Crippen molar-refractivity contribution < 1.29 is 0 Å². The molecule has 78 valence electrons. The predicted octanol–water partition coefficient (Wildman–Crippen LogP) is 1.84. The quantitative estimate of drug-likeness (QED) is 0.682. The summed E-state index contributed by atoms with van der Waals surface area (Å²) in [7, 11) is 0. The molecule has 2 heteroatoms. The molecular formula is C11H24N2. The van der Waals surface area contributed by atoms with Crippen LogP contribution in [0.25, 0.3) is 0 Å². The monoisotopic (exact) mass is 184 g/mol. The highest BCUT2D eigenvalue weighted by Crippen LogP contribution is 2.35. The normalized spacial score (nSPS) is 21.9. The number of hydrogen-bond acceptors (Lipinski definition) is 2. The van der Waals surface area contributed by atoms with Crippen molar-refractivity contribution in [2.24, 2.45) is 11.7 Å². The largest absolute Gasteiger partial charge is 0.329 e. The van der Waals surface area contributed by atoms with E-state index >= 15 is 0 Å². The maximum atomic E-state index is 5.84. The zero-order valence-corrected chi connectivity index (χ0v) is 9.29. The van der Waals surface area contributed by atoms with Crippen LogP contribution in [-0.4, -0.2) is 30.1 Å². The number of hydrogen-bond donors (Lipinski definition) is 1. The summed E-state index contributed by atoms with van der Waals surface area (Å²) in [5, 5.41) is 0. The van der Waals surface area contributed by atoms with Gasteiger partial charge in [-0.1, -0.05) is 13.8 Å². The highest BCUT2D eigenvalue weighted by Gasteiger charge is 2.34. The first-order chi connectivity index (χ1) is 6.24. The zero-order chi connectivity index (χ0) is 9.84. The first-order valence-corrected chi connectivity index (χ1v) is 5.70. The summed E-state index contributed by atoms with van der Waals surface area (Å²) in [5.41, 5.74) is 5.84. The molecule has 2 N–H and O–H groups in total. The molecule has 0 aromatic rings. The van der Waals surface area contributed by atoms with E-state index in [1.165, 1.54) is 19.3 Å². The molecule has 0 aliphatic heterocycles. The molecule has 1 aliphatic carbocycles. The van der Waals surface area contributed by atoms with Gasteiger partial charge in [0.25, 0.3) is 0 Å². The second-order valence-electron chi connectivity index (χ2n) is 4.23. The van der Waals surface area contributed by atoms with Gasteiger partial charge in [-0.05, 0) is 38.6 Å². The van der Waals surface area contributed by atoms with Gasteiger partial charge in [0, 0.05) is 18.6 Å². The Balaban J connectivity index is 2.50. The van der Waals surface area contributed by atoms with E-state index in [9.17, 15) is 0 Å². The van der Waals surface area contributed by atoms with E-state index in [0.717, 1.165) is 19.0 Å². The van der Waals surface area contributed by atoms with Gasteiger partial charge in [-0.25, -0.2) is 0 Å². The van der Waals surface area contributed by atoms with Crippen LogP contribution in [-0.2, 0) is 0 Å². The Kier molecular flexibility index (Phi) is 4.20. The minimum Gasteiger partial charge on any atom is -0.329 e. The maximum absolute atomic E-state index is 5.84. The molecule has 0 aromatic carbocycles. The van der Waals surface area contributed by atoms with Gasteiger partial charge in [0.2, 0.25) is 0 Å². The van der Waals surface area contributed by atoms with Crippen LogP contribution in [0.3, 0.4) is 0 Å². The third kappa shape index (κ3) is 2.68. The SMILES string of the molecule is CCC(C)N(CC)C(CN)C1CC1. The summed E-state index contributed by atoms with van der Waals surface area (Å²) in [6, 6.07) is 1.35. The fourth-order valence-corrected chi connectivity index (χ4v) is 2.19. The highest BCUT2D eigenvalue weighted by molar-refractivity contribution is 4.90. The van der Waals surface area contributed by atoms with Gasteiger partial charge in [0.05, 0.1) is 0 Å². The molecule has 0 bridgehead atoms. The molecule has 0 amide bonds. The van der Waals surface area contributed by atoms with Crippen molar-refractivity contribution in [1.29, 1.82) is 0 Å². The van der Waals surface area contributed by atoms with Crippen LogP contribution in [0.2, 0.25) is 0 Å². The number of nitrogens with two attached hydrogens (primary N) is 1. The zero-order valence-electron chi connectivity index (χ0n) is 9.29. The van der Waals surface area contributed by atoms with E-state index in [4.69, 9.17) is 5.73 Å². The Bertz CT molecular complexity index is 143. The van der Waals surface area contributed by atoms with Crippen LogP contribution in [0, 0.1) is 5.92 Å². The molecule has 0 radical (unpaired) electrons. The number of nitrogens with zero attached hydrogens (tertiary/aromatic N) is 1. The summed E-state index contributed by atoms with van der Waals surface area (Å²) in [5.74, 6) is 0.902. The van der Waals surface area contributed by atoms with Gasteiger partial charge in [-0.15, -0.1) is 0 Å². The summed E-state index contributed by atoms with van der Waals surface area (Å²) in [6.07, 6.45) is 4.03. The van der Waals surface area contributed by atoms with Crippen molar-refractivity contribution in [2.45, 2.75) is 52.1 Å². The molecule has 1 rings (SSSR count). The van der Waals surface area contributed by atoms with Gasteiger partial charge in [-0.2, -0.15) is 0 Å². The first-order valence-electron chi connectivity index (χ1n) is 5.70. The van der Waals surface area contributed by atoms with Gasteiger partial charge in [0.1, 0.15) is 0 Å². The van der Waals surface area contributed by atoms with E-state index in [0.29, 0.717) is 12.1 Å². The van der Waals surface area contributed by atoms with Crippen LogP contribution in [0.15, 0.2) is 0 Å². The number of rotatable bonds is 6. The molecule has 0 spiro atoms. The van der Waals surface area contributed by atoms with E-state index in [-0.39, 0.29) is 0 Å². The van der Waals surface area contributed by atoms with Gasteiger partial charge in [0.15, 0.2) is 0 Å². The van der Waals surface area contributed by atoms with Crippen molar-refractivity contribution in [3.63, 3.8) is 0 Å². The second kappa shape index (κ2) is 4.97. The molecule has 0 saturated heterocycles. The lowest BCUT2D eigenvalue weighted by molar-refractivity contribution is 0.136. The van der Waals surface area contributed by atoms with E-state index in [2.05, 4.69) is 25.7 Å². The summed E-state index contributed by atoms with van der Waals surface area (Å²) < 4.78 is 0. The van der Waals surface area contributed by atoms with Gasteiger partial charge < -0.3 is 5.73 Å². The first kappa shape index (κ1) is 11.0. The fourth-order valence-electron chi connectivity index (χ4n) is 2.19. The van der Waals surface area contributed by atoms with E-state index < -0.39 is 0 Å². The maximum Gasteiger partial charge on any atom is 0.0249 e. The standard InChI is InChI=1S/C11H24N2/c1-4-9(3)13(5-2)11(8-12)10-6-7-10/h9-11H,4-8,12H2,1-3H3. The smallest absolute Gasteiger partial charge is 0.0249 e. The average Bonchev–Trinajstić information content (AvgIpc) is 2.96. The predicted molar refractivity (Wildman–Crippen MR) is 57.7 cm³/mol. The Labute approximate surface area is 82.5 Å². The Morgan fingerprint density at radius 1 is 1.38 bits per heavy atom. The van der Waals surface area contributed by atoms with Crippen LogP contribution in [0.1, 0.15) is 40.0 Å². The Morgan fingerprint density at radius 2 is 2.00 bits per heavy atom. The lowest BCUT2D eigenvalue weighted by Crippen LogP contribution is -2.46. The Morgan fingerprint density at radius 3 is 2.31 bits per heavy atom. The molecule has 0 aromatic heterocycles. The van der Waals surface area contributed by atoms with Crippen molar-refractivity contribution in [3.8, 4) is 0 Å². The second-order valence-corrected chi connectivity index (χ2v) is 4.23. The fraction of sp³-hybridized carbons (Fsp3) is 1.00. The van der Waals surface area contributed by atoms with Crippen LogP contribution in [0.5, 0.6) is 0 Å². The lowest BCUT2D eigenvalue weighted by atomic mass is 10.1. The summed E-state index contributed by atoms with van der Waals surface area (Å²) in [6.45, 7) is 8.80. The van der Waals surface area contributed by atoms with Crippen molar-refractivity contribution in [1.82, 2.24) is 4.90 Å². The third-order valence-corrected chi connectivity index (χ3v) is 3.36. The summed E-state index contributed by atoms with van der Waals surface area (Å²) >= 11 is 0. The molecule has 1 saturated carbocycles. The van der Waals surface area contributed by atoms with E-state index in [1.54, 1.807) is 0 Å². The highest BCUT2D eigenvalue weighted by atomic mass is 15.2. The minimum atomic E-state index is 0.653. The molecule has 2 atom stereocenters. The van der Waals surface area contributed by atoms with Crippen molar-refractivity contribution in [2.75, 3.05) is 13.1 Å². The van der Waals surface area contributed by atoms with Crippen LogP contribution < -0.4 is 5.73 Å². The Hall–Kier alpha value is -0.0800. The molecule has 13 heavy (non-hydrogen) atoms. The van der Waals surface area contributed by atoms with Crippen molar-refractivity contribution in [3.05, 3.63) is 0 Å². The third-order valence-electron chi connectivity index (χ3n) is 3.36. The topological polar surface area (TPSA) is 29.3 Å². The van der Waals surface area contributed by atoms with Crippen molar-refractivity contribution >= 4 is 0 Å². The molecule has 2 unspecified atom stereocenters. The molecule has 1 fully saturated rings. The summed E-state index contributed by atoms with van der Waals surface area (Å²) in [4.78, 5) is 2.58. The average molecular weight is 184 g/mol. The number of likely N-dealkylation sites (N-methyl/N-ethyl adjacent to an activating group) is 1. The van der Waals surface area contributed by atoms with E-state index in [1.807, 2.05) is 0 Å². The van der Waals surface area contributed by atoms with Gasteiger partial charge >= 0.3 is 0 Å². The van der Waals surface area contributed by atoms with Gasteiger partial charge in [-0.3, -0.25) is 4.90 Å².